The van der Waals surface area contributed by atoms with Gasteiger partial charge in [-0.25, -0.2) is 0 Å². The number of nitrogens with one attached hydrogen (secondary N) is 2. The minimum Gasteiger partial charge on any atom is -0.310 e. The molecule has 2 aliphatic rings. The lowest BCUT2D eigenvalue weighted by Gasteiger charge is -2.33. The molecule has 0 spiro atoms. The van der Waals surface area contributed by atoms with Gasteiger partial charge in [-0.2, -0.15) is 5.26 Å². The third kappa shape index (κ3) is 2.96. The van der Waals surface area contributed by atoms with Gasteiger partial charge in [0.15, 0.2) is 0 Å². The smallest absolute Gasteiger partial charge is 0.0994 e. The Morgan fingerprint density at radius 1 is 1.04 bits per heavy atom. The van der Waals surface area contributed by atoms with Crippen molar-refractivity contribution in [2.24, 2.45) is 0 Å². The van der Waals surface area contributed by atoms with E-state index in [-0.39, 0.29) is 0 Å². The molecule has 3 nitrogen and oxygen atoms in total. The van der Waals surface area contributed by atoms with Crippen molar-refractivity contribution >= 4 is 0 Å². The molecule has 0 bridgehead atoms. The molecule has 2 unspecified atom stereocenters. The highest BCUT2D eigenvalue weighted by atomic mass is 15.0. The molecule has 1 heterocycles. The Bertz CT molecular complexity index is 747. The largest absolute Gasteiger partial charge is 0.310 e. The highest BCUT2D eigenvalue weighted by Crippen LogP contribution is 2.34. The maximum atomic E-state index is 9.29. The fraction of sp³-hybridized carbons (Fsp3) is 0.381. The van der Waals surface area contributed by atoms with E-state index in [1.807, 2.05) is 12.1 Å². The number of benzene rings is 2. The number of piperidine rings is 1. The van der Waals surface area contributed by atoms with E-state index in [0.717, 1.165) is 37.8 Å². The maximum Gasteiger partial charge on any atom is 0.0994 e. The molecular formula is C21H23N3. The number of fused-ring (bicyclic) bond motifs is 1. The Hall–Kier alpha value is -2.15. The van der Waals surface area contributed by atoms with Gasteiger partial charge in [0, 0.05) is 18.1 Å². The van der Waals surface area contributed by atoms with Crippen LogP contribution in [0.2, 0.25) is 0 Å². The van der Waals surface area contributed by atoms with E-state index in [1.54, 1.807) is 0 Å². The first-order valence-corrected chi connectivity index (χ1v) is 8.91. The summed E-state index contributed by atoms with van der Waals surface area (Å²) in [5, 5.41) is 16.8. The molecule has 1 saturated heterocycles. The van der Waals surface area contributed by atoms with Crippen LogP contribution in [0.3, 0.4) is 0 Å². The zero-order valence-corrected chi connectivity index (χ0v) is 13.8. The number of hydrogen-bond acceptors (Lipinski definition) is 3. The third-order valence-electron chi connectivity index (χ3n) is 5.43. The van der Waals surface area contributed by atoms with Crippen LogP contribution in [0.4, 0.5) is 0 Å². The zero-order chi connectivity index (χ0) is 16.4. The molecule has 3 atom stereocenters. The van der Waals surface area contributed by atoms with Crippen molar-refractivity contribution in [2.75, 3.05) is 6.54 Å². The summed E-state index contributed by atoms with van der Waals surface area (Å²) in [6.07, 6.45) is 4.40. The first-order valence-electron chi connectivity index (χ1n) is 8.91. The van der Waals surface area contributed by atoms with Gasteiger partial charge in [-0.1, -0.05) is 42.5 Å². The topological polar surface area (TPSA) is 47.9 Å². The summed E-state index contributed by atoms with van der Waals surface area (Å²) >= 11 is 0. The number of nitrogens with zero attached hydrogens (tertiary/aromatic N) is 1. The van der Waals surface area contributed by atoms with Gasteiger partial charge in [0.2, 0.25) is 0 Å². The molecule has 0 aromatic heterocycles. The number of nitriles is 1. The van der Waals surface area contributed by atoms with Crippen LogP contribution < -0.4 is 10.6 Å². The van der Waals surface area contributed by atoms with Gasteiger partial charge in [-0.05, 0) is 55.0 Å². The fourth-order valence-electron chi connectivity index (χ4n) is 4.22. The van der Waals surface area contributed by atoms with Crippen LogP contribution in [-0.2, 0) is 6.42 Å². The molecule has 0 saturated carbocycles. The van der Waals surface area contributed by atoms with Crippen molar-refractivity contribution in [2.45, 2.75) is 43.8 Å². The van der Waals surface area contributed by atoms with Crippen molar-refractivity contribution in [3.8, 4) is 6.07 Å². The Morgan fingerprint density at radius 2 is 1.92 bits per heavy atom. The number of hydrogen-bond donors (Lipinski definition) is 2. The molecule has 4 rings (SSSR count). The lowest BCUT2D eigenvalue weighted by molar-refractivity contribution is 0.299. The van der Waals surface area contributed by atoms with Crippen molar-refractivity contribution < 1.29 is 0 Å². The predicted molar refractivity (Wildman–Crippen MR) is 95.6 cm³/mol. The van der Waals surface area contributed by atoms with Crippen molar-refractivity contribution in [3.05, 3.63) is 70.8 Å². The Balaban J connectivity index is 1.47. The molecule has 122 valence electrons. The molecule has 1 aliphatic carbocycles. The van der Waals surface area contributed by atoms with Gasteiger partial charge >= 0.3 is 0 Å². The monoisotopic (exact) mass is 317 g/mol. The summed E-state index contributed by atoms with van der Waals surface area (Å²) < 4.78 is 0. The molecule has 1 aliphatic heterocycles. The Morgan fingerprint density at radius 3 is 2.75 bits per heavy atom. The van der Waals surface area contributed by atoms with E-state index in [0.29, 0.717) is 18.1 Å². The molecule has 0 radical (unpaired) electrons. The van der Waals surface area contributed by atoms with Crippen LogP contribution in [0.25, 0.3) is 0 Å². The van der Waals surface area contributed by atoms with Crippen molar-refractivity contribution in [3.63, 3.8) is 0 Å². The zero-order valence-electron chi connectivity index (χ0n) is 13.8. The lowest BCUT2D eigenvalue weighted by Crippen LogP contribution is -2.42. The Labute approximate surface area is 143 Å². The second-order valence-electron chi connectivity index (χ2n) is 6.88. The maximum absolute atomic E-state index is 9.29. The van der Waals surface area contributed by atoms with Crippen LogP contribution in [0.1, 0.15) is 53.6 Å². The van der Waals surface area contributed by atoms with E-state index < -0.39 is 0 Å². The standard InChI is InChI=1S/C21H23N3/c22-14-16-7-4-8-19-18(16)9-10-20(19)24-17-11-12-23-21(13-17)15-5-2-1-3-6-15/h1-8,17,20-21,23-24H,9-13H2/t17?,20-,21?/m1/s1. The minimum absolute atomic E-state index is 0.396. The van der Waals surface area contributed by atoms with Crippen LogP contribution in [0.15, 0.2) is 48.5 Å². The van der Waals surface area contributed by atoms with Gasteiger partial charge in [-0.3, -0.25) is 0 Å². The quantitative estimate of drug-likeness (QED) is 0.909. The third-order valence-corrected chi connectivity index (χ3v) is 5.43. The summed E-state index contributed by atoms with van der Waals surface area (Å²) in [5.74, 6) is 0. The fourth-order valence-corrected chi connectivity index (χ4v) is 4.22. The van der Waals surface area contributed by atoms with E-state index in [4.69, 9.17) is 0 Å². The highest BCUT2D eigenvalue weighted by molar-refractivity contribution is 5.46. The second-order valence-corrected chi connectivity index (χ2v) is 6.88. The lowest BCUT2D eigenvalue weighted by atomic mass is 9.93. The average Bonchev–Trinajstić information content (AvgIpc) is 3.06. The Kier molecular flexibility index (Phi) is 4.34. The summed E-state index contributed by atoms with van der Waals surface area (Å²) in [7, 11) is 0. The summed E-state index contributed by atoms with van der Waals surface area (Å²) in [6, 6.07) is 20.6. The van der Waals surface area contributed by atoms with Gasteiger partial charge in [0.05, 0.1) is 11.6 Å². The number of rotatable bonds is 3. The van der Waals surface area contributed by atoms with Crippen LogP contribution in [-0.4, -0.2) is 12.6 Å². The van der Waals surface area contributed by atoms with Gasteiger partial charge in [0.1, 0.15) is 0 Å². The first-order chi connectivity index (χ1) is 11.8. The van der Waals surface area contributed by atoms with Crippen molar-refractivity contribution in [1.82, 2.24) is 10.6 Å². The summed E-state index contributed by atoms with van der Waals surface area (Å²) in [6.45, 7) is 1.05. The van der Waals surface area contributed by atoms with Gasteiger partial charge in [-0.15, -0.1) is 0 Å². The average molecular weight is 317 g/mol. The molecular weight excluding hydrogens is 294 g/mol. The van der Waals surface area contributed by atoms with Crippen LogP contribution in [0, 0.1) is 11.3 Å². The van der Waals surface area contributed by atoms with Crippen LogP contribution >= 0.6 is 0 Å². The van der Waals surface area contributed by atoms with E-state index >= 15 is 0 Å². The normalized spacial score (nSPS) is 25.9. The van der Waals surface area contributed by atoms with Crippen LogP contribution in [0.5, 0.6) is 0 Å². The molecule has 3 heteroatoms. The van der Waals surface area contributed by atoms with Gasteiger partial charge < -0.3 is 10.6 Å². The molecule has 2 N–H and O–H groups in total. The molecule has 2 aromatic carbocycles. The molecule has 2 aromatic rings. The molecule has 0 amide bonds. The minimum atomic E-state index is 0.396. The van der Waals surface area contributed by atoms with Gasteiger partial charge in [0.25, 0.3) is 0 Å². The van der Waals surface area contributed by atoms with E-state index in [9.17, 15) is 5.26 Å². The molecule has 1 fully saturated rings. The van der Waals surface area contributed by atoms with E-state index in [1.165, 1.54) is 16.7 Å². The predicted octanol–water partition coefficient (Wildman–Crippen LogP) is 3.63. The SMILES string of the molecule is N#Cc1cccc2c1CC[C@H]2NC1CCNC(c2ccccc2)C1. The van der Waals surface area contributed by atoms with E-state index in [2.05, 4.69) is 53.1 Å². The van der Waals surface area contributed by atoms with Crippen molar-refractivity contribution in [1.29, 1.82) is 5.26 Å². The summed E-state index contributed by atoms with van der Waals surface area (Å²) in [5.41, 5.74) is 4.82. The highest BCUT2D eigenvalue weighted by Gasteiger charge is 2.29. The first kappa shape index (κ1) is 15.4. The second kappa shape index (κ2) is 6.76. The molecule has 24 heavy (non-hydrogen) atoms. The summed E-state index contributed by atoms with van der Waals surface area (Å²) in [4.78, 5) is 0.